The van der Waals surface area contributed by atoms with Crippen LogP contribution in [0, 0.1) is 0 Å². The molecule has 0 saturated heterocycles. The zero-order valence-corrected chi connectivity index (χ0v) is 8.39. The molecule has 3 heteroatoms. The number of aldehydes is 1. The highest BCUT2D eigenvalue weighted by Crippen LogP contribution is 2.23. The minimum absolute atomic E-state index is 0.633. The highest BCUT2D eigenvalue weighted by molar-refractivity contribution is 7.15. The molecule has 0 spiro atoms. The third-order valence-electron chi connectivity index (χ3n) is 1.49. The van der Waals surface area contributed by atoms with Gasteiger partial charge in [0.25, 0.3) is 0 Å². The van der Waals surface area contributed by atoms with E-state index in [0.29, 0.717) is 11.5 Å². The van der Waals surface area contributed by atoms with Crippen molar-refractivity contribution in [3.63, 3.8) is 0 Å². The summed E-state index contributed by atoms with van der Waals surface area (Å²) in [5.74, 6) is 0. The molecule has 0 atom stereocenters. The number of ether oxygens (including phenoxy) is 1. The van der Waals surface area contributed by atoms with Gasteiger partial charge in [-0.25, -0.2) is 0 Å². The predicted octanol–water partition coefficient (Wildman–Crippen LogP) is 2.91. The molecule has 0 aliphatic rings. The number of hydrogen-bond donors (Lipinski definition) is 0. The molecule has 0 unspecified atom stereocenters. The molecule has 1 rings (SSSR count). The Bertz CT molecular complexity index is 302. The normalized spacial score (nSPS) is 9.62. The number of thiophene rings is 1. The maximum atomic E-state index is 10.3. The Morgan fingerprint density at radius 1 is 1.69 bits per heavy atom. The Hall–Kier alpha value is -1.09. The van der Waals surface area contributed by atoms with E-state index < -0.39 is 0 Å². The summed E-state index contributed by atoms with van der Waals surface area (Å²) < 4.78 is 5.40. The van der Waals surface area contributed by atoms with Gasteiger partial charge in [0.1, 0.15) is 0 Å². The van der Waals surface area contributed by atoms with Crippen LogP contribution in [0.1, 0.15) is 23.0 Å². The van der Waals surface area contributed by atoms with Gasteiger partial charge in [-0.05, 0) is 19.1 Å². The lowest BCUT2D eigenvalue weighted by Crippen LogP contribution is -1.95. The Morgan fingerprint density at radius 2 is 2.46 bits per heavy atom. The van der Waals surface area contributed by atoms with Crippen LogP contribution in [0.15, 0.2) is 24.3 Å². The Kier molecular flexibility index (Phi) is 3.71. The lowest BCUT2D eigenvalue weighted by molar-refractivity contribution is 0.112. The molecule has 0 bridgehead atoms. The Labute approximate surface area is 81.8 Å². The van der Waals surface area contributed by atoms with E-state index in [2.05, 4.69) is 6.58 Å². The first-order valence-electron chi connectivity index (χ1n) is 4.04. The van der Waals surface area contributed by atoms with Crippen LogP contribution in [0.4, 0.5) is 0 Å². The minimum atomic E-state index is 0.633. The molecular weight excluding hydrogens is 184 g/mol. The number of rotatable bonds is 5. The summed E-state index contributed by atoms with van der Waals surface area (Å²) in [5, 5.41) is 0.795. The van der Waals surface area contributed by atoms with Gasteiger partial charge in [-0.2, -0.15) is 0 Å². The molecule has 0 amide bonds. The number of hydrogen-bond acceptors (Lipinski definition) is 3. The summed E-state index contributed by atoms with van der Waals surface area (Å²) in [4.78, 5) is 11.0. The standard InChI is InChI=1S/C10H12O2S/c1-8(2)5-6-12-10-4-3-9(7-11)13-10/h3-4,7H,1,5-6H2,2H3. The monoisotopic (exact) mass is 196 g/mol. The average molecular weight is 196 g/mol. The van der Waals surface area contributed by atoms with Gasteiger partial charge in [0.2, 0.25) is 0 Å². The molecule has 0 saturated carbocycles. The smallest absolute Gasteiger partial charge is 0.174 e. The molecular formula is C10H12O2S. The molecule has 70 valence electrons. The molecule has 0 aliphatic heterocycles. The fourth-order valence-corrected chi connectivity index (χ4v) is 1.50. The zero-order chi connectivity index (χ0) is 9.68. The highest BCUT2D eigenvalue weighted by Gasteiger charge is 1.98. The number of carbonyl (C=O) groups is 1. The second-order valence-corrected chi connectivity index (χ2v) is 3.91. The van der Waals surface area contributed by atoms with Crippen molar-refractivity contribution in [3.8, 4) is 5.06 Å². The SMILES string of the molecule is C=C(C)CCOc1ccc(C=O)s1. The second kappa shape index (κ2) is 4.82. The van der Waals surface area contributed by atoms with Crippen LogP contribution in [-0.4, -0.2) is 12.9 Å². The summed E-state index contributed by atoms with van der Waals surface area (Å²) in [6.45, 7) is 6.37. The highest BCUT2D eigenvalue weighted by atomic mass is 32.1. The van der Waals surface area contributed by atoms with Gasteiger partial charge in [-0.15, -0.1) is 6.58 Å². The van der Waals surface area contributed by atoms with E-state index >= 15 is 0 Å². The van der Waals surface area contributed by atoms with Crippen LogP contribution in [0.25, 0.3) is 0 Å². The van der Waals surface area contributed by atoms with E-state index in [1.165, 1.54) is 11.3 Å². The van der Waals surface area contributed by atoms with E-state index in [-0.39, 0.29) is 0 Å². The van der Waals surface area contributed by atoms with Gasteiger partial charge in [0, 0.05) is 6.42 Å². The van der Waals surface area contributed by atoms with E-state index in [0.717, 1.165) is 23.3 Å². The van der Waals surface area contributed by atoms with Crippen LogP contribution in [0.5, 0.6) is 5.06 Å². The molecule has 1 aromatic rings. The van der Waals surface area contributed by atoms with Gasteiger partial charge in [0.05, 0.1) is 11.5 Å². The first-order chi connectivity index (χ1) is 6.22. The van der Waals surface area contributed by atoms with Crippen molar-refractivity contribution in [3.05, 3.63) is 29.2 Å². The molecule has 0 aliphatic carbocycles. The van der Waals surface area contributed by atoms with Crippen molar-refractivity contribution in [1.29, 1.82) is 0 Å². The van der Waals surface area contributed by atoms with Gasteiger partial charge in [0.15, 0.2) is 11.3 Å². The van der Waals surface area contributed by atoms with Crippen LogP contribution < -0.4 is 4.74 Å². The number of carbonyl (C=O) groups excluding carboxylic acids is 1. The van der Waals surface area contributed by atoms with Crippen molar-refractivity contribution >= 4 is 17.6 Å². The average Bonchev–Trinajstić information content (AvgIpc) is 2.52. The zero-order valence-electron chi connectivity index (χ0n) is 7.58. The predicted molar refractivity (Wildman–Crippen MR) is 54.6 cm³/mol. The molecule has 0 N–H and O–H groups in total. The van der Waals surface area contributed by atoms with Gasteiger partial charge < -0.3 is 4.74 Å². The summed E-state index contributed by atoms with van der Waals surface area (Å²) in [7, 11) is 0. The largest absolute Gasteiger partial charge is 0.484 e. The Balaban J connectivity index is 2.36. The lowest BCUT2D eigenvalue weighted by atomic mass is 10.3. The molecule has 0 radical (unpaired) electrons. The van der Waals surface area contributed by atoms with E-state index in [9.17, 15) is 4.79 Å². The fourth-order valence-electron chi connectivity index (χ4n) is 0.801. The third-order valence-corrected chi connectivity index (χ3v) is 2.41. The first-order valence-corrected chi connectivity index (χ1v) is 4.86. The Morgan fingerprint density at radius 3 is 3.00 bits per heavy atom. The van der Waals surface area contributed by atoms with Crippen molar-refractivity contribution in [1.82, 2.24) is 0 Å². The quantitative estimate of drug-likeness (QED) is 0.534. The molecule has 1 heterocycles. The summed E-state index contributed by atoms with van der Waals surface area (Å²) in [6.07, 6.45) is 1.69. The summed E-state index contributed by atoms with van der Waals surface area (Å²) in [5.41, 5.74) is 1.10. The lowest BCUT2D eigenvalue weighted by Gasteiger charge is -2.01. The van der Waals surface area contributed by atoms with Crippen LogP contribution in [-0.2, 0) is 0 Å². The van der Waals surface area contributed by atoms with Crippen molar-refractivity contribution in [2.45, 2.75) is 13.3 Å². The topological polar surface area (TPSA) is 26.3 Å². The maximum absolute atomic E-state index is 10.3. The molecule has 2 nitrogen and oxygen atoms in total. The van der Waals surface area contributed by atoms with Crippen molar-refractivity contribution < 1.29 is 9.53 Å². The van der Waals surface area contributed by atoms with E-state index in [4.69, 9.17) is 4.74 Å². The molecule has 0 fully saturated rings. The van der Waals surface area contributed by atoms with Gasteiger partial charge in [-0.1, -0.05) is 16.9 Å². The maximum Gasteiger partial charge on any atom is 0.174 e. The fraction of sp³-hybridized carbons (Fsp3) is 0.300. The van der Waals surface area contributed by atoms with Crippen LogP contribution in [0.3, 0.4) is 0 Å². The van der Waals surface area contributed by atoms with Crippen LogP contribution >= 0.6 is 11.3 Å². The van der Waals surface area contributed by atoms with Crippen molar-refractivity contribution in [2.75, 3.05) is 6.61 Å². The van der Waals surface area contributed by atoms with Gasteiger partial charge in [-0.3, -0.25) is 4.79 Å². The van der Waals surface area contributed by atoms with Crippen molar-refractivity contribution in [2.24, 2.45) is 0 Å². The van der Waals surface area contributed by atoms with E-state index in [1.54, 1.807) is 6.07 Å². The first kappa shape index (κ1) is 9.99. The summed E-state index contributed by atoms with van der Waals surface area (Å²) >= 11 is 1.36. The van der Waals surface area contributed by atoms with Crippen LogP contribution in [0.2, 0.25) is 0 Å². The molecule has 13 heavy (non-hydrogen) atoms. The van der Waals surface area contributed by atoms with E-state index in [1.807, 2.05) is 13.0 Å². The molecule has 1 aromatic heterocycles. The molecule has 0 aromatic carbocycles. The summed E-state index contributed by atoms with van der Waals surface area (Å²) in [6, 6.07) is 3.57. The second-order valence-electron chi connectivity index (χ2n) is 2.83. The van der Waals surface area contributed by atoms with Gasteiger partial charge >= 0.3 is 0 Å². The minimum Gasteiger partial charge on any atom is -0.484 e. The third kappa shape index (κ3) is 3.42.